The van der Waals surface area contributed by atoms with Crippen molar-refractivity contribution in [2.24, 2.45) is 5.73 Å². The number of nitrogens with zero attached hydrogens (tertiary/aromatic N) is 1. The molecule has 86 valence electrons. The van der Waals surface area contributed by atoms with Gasteiger partial charge in [-0.3, -0.25) is 4.79 Å². The lowest BCUT2D eigenvalue weighted by atomic mass is 10.2. The molecule has 1 heterocycles. The van der Waals surface area contributed by atoms with E-state index >= 15 is 0 Å². The summed E-state index contributed by atoms with van der Waals surface area (Å²) in [6.45, 7) is 0. The third-order valence-electron chi connectivity index (χ3n) is 2.16. The first kappa shape index (κ1) is 10.9. The van der Waals surface area contributed by atoms with E-state index in [1.165, 1.54) is 6.20 Å². The SMILES string of the molecule is NC(=O)c1cccnc1Oc1ccccc1N. The van der Waals surface area contributed by atoms with Crippen LogP contribution in [-0.2, 0) is 0 Å². The lowest BCUT2D eigenvalue weighted by Crippen LogP contribution is -2.12. The molecular weight excluding hydrogens is 218 g/mol. The number of pyridine rings is 1. The number of carbonyl (C=O) groups is 1. The molecule has 0 aliphatic carbocycles. The fourth-order valence-corrected chi connectivity index (χ4v) is 1.34. The Hall–Kier alpha value is -2.56. The minimum atomic E-state index is -0.595. The number of rotatable bonds is 3. The number of benzene rings is 1. The number of carbonyl (C=O) groups excluding carboxylic acids is 1. The summed E-state index contributed by atoms with van der Waals surface area (Å²) in [5.74, 6) is -0.00537. The first-order valence-corrected chi connectivity index (χ1v) is 4.95. The molecule has 2 aromatic rings. The zero-order chi connectivity index (χ0) is 12.3. The van der Waals surface area contributed by atoms with E-state index in [0.29, 0.717) is 11.4 Å². The van der Waals surface area contributed by atoms with Gasteiger partial charge >= 0.3 is 0 Å². The van der Waals surface area contributed by atoms with Crippen LogP contribution in [0.2, 0.25) is 0 Å². The number of primary amides is 1. The average Bonchev–Trinajstić information content (AvgIpc) is 2.32. The molecule has 1 aromatic carbocycles. The van der Waals surface area contributed by atoms with Gasteiger partial charge in [-0.25, -0.2) is 4.98 Å². The fraction of sp³-hybridized carbons (Fsp3) is 0. The lowest BCUT2D eigenvalue weighted by molar-refractivity contribution is 0.0997. The van der Waals surface area contributed by atoms with Crippen LogP contribution < -0.4 is 16.2 Å². The molecule has 0 saturated heterocycles. The maximum Gasteiger partial charge on any atom is 0.254 e. The summed E-state index contributed by atoms with van der Waals surface area (Å²) in [5.41, 5.74) is 11.6. The molecule has 0 fully saturated rings. The Morgan fingerprint density at radius 1 is 1.18 bits per heavy atom. The van der Waals surface area contributed by atoms with E-state index in [4.69, 9.17) is 16.2 Å². The third-order valence-corrected chi connectivity index (χ3v) is 2.16. The summed E-state index contributed by atoms with van der Waals surface area (Å²) >= 11 is 0. The van der Waals surface area contributed by atoms with Crippen LogP contribution in [0.25, 0.3) is 0 Å². The fourth-order valence-electron chi connectivity index (χ4n) is 1.34. The second-order valence-corrected chi connectivity index (χ2v) is 3.36. The summed E-state index contributed by atoms with van der Waals surface area (Å²) in [5, 5.41) is 0. The van der Waals surface area contributed by atoms with Crippen molar-refractivity contribution in [2.45, 2.75) is 0 Å². The number of amides is 1. The van der Waals surface area contributed by atoms with Crippen LogP contribution in [0.5, 0.6) is 11.6 Å². The standard InChI is InChI=1S/C12H11N3O2/c13-9-5-1-2-6-10(9)17-12-8(11(14)16)4-3-7-15-12/h1-7H,13H2,(H2,14,16). The molecule has 0 aliphatic heterocycles. The van der Waals surface area contributed by atoms with Gasteiger partial charge in [0, 0.05) is 6.20 Å². The van der Waals surface area contributed by atoms with Crippen molar-refractivity contribution < 1.29 is 9.53 Å². The molecule has 1 amide bonds. The van der Waals surface area contributed by atoms with Crippen molar-refractivity contribution in [3.05, 3.63) is 48.2 Å². The number of anilines is 1. The van der Waals surface area contributed by atoms with Gasteiger partial charge in [0.05, 0.1) is 5.69 Å². The van der Waals surface area contributed by atoms with Gasteiger partial charge in [-0.05, 0) is 24.3 Å². The molecule has 5 nitrogen and oxygen atoms in total. The maximum atomic E-state index is 11.2. The van der Waals surface area contributed by atoms with Crippen molar-refractivity contribution in [3.63, 3.8) is 0 Å². The van der Waals surface area contributed by atoms with Crippen LogP contribution in [0.4, 0.5) is 5.69 Å². The highest BCUT2D eigenvalue weighted by Crippen LogP contribution is 2.27. The number of ether oxygens (including phenoxy) is 1. The van der Waals surface area contributed by atoms with Gasteiger partial charge < -0.3 is 16.2 Å². The van der Waals surface area contributed by atoms with Gasteiger partial charge in [-0.2, -0.15) is 0 Å². The van der Waals surface area contributed by atoms with Gasteiger partial charge in [-0.15, -0.1) is 0 Å². The monoisotopic (exact) mass is 229 g/mol. The highest BCUT2D eigenvalue weighted by Gasteiger charge is 2.11. The van der Waals surface area contributed by atoms with Crippen molar-refractivity contribution in [3.8, 4) is 11.6 Å². The predicted octanol–water partition coefficient (Wildman–Crippen LogP) is 1.55. The Bertz CT molecular complexity index is 555. The third kappa shape index (κ3) is 2.34. The minimum absolute atomic E-state index is 0.151. The topological polar surface area (TPSA) is 91.2 Å². The van der Waals surface area contributed by atoms with E-state index in [1.807, 2.05) is 0 Å². The number of nitrogens with two attached hydrogens (primary N) is 2. The highest BCUT2D eigenvalue weighted by molar-refractivity contribution is 5.95. The second kappa shape index (κ2) is 4.52. The summed E-state index contributed by atoms with van der Waals surface area (Å²) < 4.78 is 5.46. The summed E-state index contributed by atoms with van der Waals surface area (Å²) in [6, 6.07) is 10.1. The quantitative estimate of drug-likeness (QED) is 0.781. The average molecular weight is 229 g/mol. The molecule has 0 spiro atoms. The van der Waals surface area contributed by atoms with Crippen LogP contribution in [0, 0.1) is 0 Å². The first-order valence-electron chi connectivity index (χ1n) is 4.95. The second-order valence-electron chi connectivity index (χ2n) is 3.36. The Morgan fingerprint density at radius 2 is 1.94 bits per heavy atom. The number of hydrogen-bond acceptors (Lipinski definition) is 4. The Balaban J connectivity index is 2.37. The normalized spacial score (nSPS) is 9.88. The Morgan fingerprint density at radius 3 is 2.65 bits per heavy atom. The highest BCUT2D eigenvalue weighted by atomic mass is 16.5. The van der Waals surface area contributed by atoms with Gasteiger partial charge in [0.15, 0.2) is 5.75 Å². The van der Waals surface area contributed by atoms with Gasteiger partial charge in [0.25, 0.3) is 5.91 Å². The molecule has 0 atom stereocenters. The molecular formula is C12H11N3O2. The van der Waals surface area contributed by atoms with Crippen LogP contribution in [0.1, 0.15) is 10.4 Å². The molecule has 1 aromatic heterocycles. The van der Waals surface area contributed by atoms with E-state index in [-0.39, 0.29) is 11.4 Å². The van der Waals surface area contributed by atoms with Crippen LogP contribution in [0.15, 0.2) is 42.6 Å². The van der Waals surface area contributed by atoms with Crippen molar-refractivity contribution in [1.82, 2.24) is 4.98 Å². The zero-order valence-electron chi connectivity index (χ0n) is 8.96. The van der Waals surface area contributed by atoms with E-state index in [0.717, 1.165) is 0 Å². The molecule has 0 bridgehead atoms. The molecule has 2 rings (SSSR count). The van der Waals surface area contributed by atoms with E-state index in [2.05, 4.69) is 4.98 Å². The molecule has 17 heavy (non-hydrogen) atoms. The minimum Gasteiger partial charge on any atom is -0.436 e. The van der Waals surface area contributed by atoms with Crippen LogP contribution in [-0.4, -0.2) is 10.9 Å². The molecule has 0 aliphatic rings. The molecule has 0 radical (unpaired) electrons. The number of nitrogen functional groups attached to an aromatic ring is 1. The first-order chi connectivity index (χ1) is 8.18. The lowest BCUT2D eigenvalue weighted by Gasteiger charge is -2.09. The van der Waals surface area contributed by atoms with E-state index < -0.39 is 5.91 Å². The molecule has 0 unspecified atom stereocenters. The zero-order valence-corrected chi connectivity index (χ0v) is 8.96. The Kier molecular flexibility index (Phi) is 2.91. The smallest absolute Gasteiger partial charge is 0.254 e. The van der Waals surface area contributed by atoms with Crippen molar-refractivity contribution in [1.29, 1.82) is 0 Å². The summed E-state index contributed by atoms with van der Waals surface area (Å²) in [6.07, 6.45) is 1.51. The number of para-hydroxylation sites is 2. The van der Waals surface area contributed by atoms with Crippen LogP contribution in [0.3, 0.4) is 0 Å². The van der Waals surface area contributed by atoms with Crippen LogP contribution >= 0.6 is 0 Å². The molecule has 0 saturated carbocycles. The molecule has 5 heteroatoms. The Labute approximate surface area is 98.0 Å². The summed E-state index contributed by atoms with van der Waals surface area (Å²) in [7, 11) is 0. The molecule has 4 N–H and O–H groups in total. The predicted molar refractivity (Wildman–Crippen MR) is 63.7 cm³/mol. The summed E-state index contributed by atoms with van der Waals surface area (Å²) in [4.78, 5) is 15.1. The van der Waals surface area contributed by atoms with Gasteiger partial charge in [-0.1, -0.05) is 12.1 Å². The van der Waals surface area contributed by atoms with Crippen molar-refractivity contribution >= 4 is 11.6 Å². The van der Waals surface area contributed by atoms with E-state index in [1.54, 1.807) is 36.4 Å². The number of hydrogen-bond donors (Lipinski definition) is 2. The van der Waals surface area contributed by atoms with Crippen molar-refractivity contribution in [2.75, 3.05) is 5.73 Å². The number of aromatic nitrogens is 1. The van der Waals surface area contributed by atoms with E-state index in [9.17, 15) is 4.79 Å². The largest absolute Gasteiger partial charge is 0.436 e. The maximum absolute atomic E-state index is 11.2. The van der Waals surface area contributed by atoms with Gasteiger partial charge in [0.1, 0.15) is 5.56 Å². The van der Waals surface area contributed by atoms with Gasteiger partial charge in [0.2, 0.25) is 5.88 Å².